The molecule has 0 spiro atoms. The molecule has 2 aliphatic heterocycles. The second-order valence-electron chi connectivity index (χ2n) is 17.3. The summed E-state index contributed by atoms with van der Waals surface area (Å²) < 4.78 is 51.2. The van der Waals surface area contributed by atoms with Crippen molar-refractivity contribution in [3.63, 3.8) is 0 Å². The first-order chi connectivity index (χ1) is 35.2. The predicted octanol–water partition coefficient (Wildman–Crippen LogP) is 5.86. The molecule has 7 atom stereocenters. The number of rotatable bonds is 21. The van der Waals surface area contributed by atoms with Crippen molar-refractivity contribution in [3.05, 3.63) is 187 Å². The van der Waals surface area contributed by atoms with Crippen LogP contribution in [0.1, 0.15) is 77.7 Å². The minimum Gasteiger partial charge on any atom is -0.497 e. The van der Waals surface area contributed by atoms with Crippen LogP contribution in [0.2, 0.25) is 0 Å². The number of esters is 1. The van der Waals surface area contributed by atoms with Crippen molar-refractivity contribution in [2.45, 2.75) is 82.0 Å². The van der Waals surface area contributed by atoms with Crippen molar-refractivity contribution in [3.8, 4) is 11.5 Å². The average Bonchev–Trinajstić information content (AvgIpc) is 3.99. The molecule has 6 aromatic rings. The molecule has 2 aromatic heterocycles. The Morgan fingerprint density at radius 3 is 1.95 bits per heavy atom. The molecule has 8 rings (SSSR count). The lowest BCUT2D eigenvalue weighted by molar-refractivity contribution is -0.153. The number of anilines is 1. The minimum absolute atomic E-state index is 0.0134. The number of carbonyl (C=O) groups is 3. The van der Waals surface area contributed by atoms with Gasteiger partial charge in [0.1, 0.15) is 59.5 Å². The number of carbonyl (C=O) groups excluding carboxylic acids is 3. The van der Waals surface area contributed by atoms with E-state index in [9.17, 15) is 33.7 Å². The molecule has 20 nitrogen and oxygen atoms in total. The number of hydrogen-bond acceptors (Lipinski definition) is 16. The van der Waals surface area contributed by atoms with E-state index in [2.05, 4.69) is 15.3 Å². The van der Waals surface area contributed by atoms with E-state index in [1.54, 1.807) is 44.6 Å². The highest BCUT2D eigenvalue weighted by Crippen LogP contribution is 2.46. The maximum absolute atomic E-state index is 13.7. The summed E-state index contributed by atoms with van der Waals surface area (Å²) in [4.78, 5) is 94.1. The van der Waals surface area contributed by atoms with E-state index in [0.29, 0.717) is 17.1 Å². The second kappa shape index (κ2) is 23.6. The molecule has 1 unspecified atom stereocenters. The molecule has 382 valence electrons. The molecule has 4 heterocycles. The van der Waals surface area contributed by atoms with E-state index < -0.39 is 86.5 Å². The molecule has 0 saturated carbocycles. The third kappa shape index (κ3) is 12.4. The monoisotopic (exact) mass is 1020 g/mol. The summed E-state index contributed by atoms with van der Waals surface area (Å²) in [6.07, 6.45) is -3.63. The SMILES string of the molecule is COc1ccc(C(OC[C@H]2O[C@@H](n3ccc(NC(=O)c4ccccc4)nc3=O)C[C@@H]2OP(O)OC[C@H]2O[C@@H](n3cc(C)c(=O)[nH]c3=O)C[C@@H]2OC(=O)CCC(C)=O)(c2ccccc2)c2ccc(OC)cc2)cc1. The number of amides is 1. The topological polar surface area (TPSA) is 247 Å². The number of Topliss-reactive ketones (excluding diaryl/α,β-unsaturated/α-hetero) is 1. The number of nitrogens with zero attached hydrogens (tertiary/aromatic N) is 3. The van der Waals surface area contributed by atoms with E-state index in [0.717, 1.165) is 16.7 Å². The Balaban J connectivity index is 1.08. The molecule has 2 saturated heterocycles. The average molecular weight is 1020 g/mol. The summed E-state index contributed by atoms with van der Waals surface area (Å²) in [5, 5.41) is 2.65. The maximum atomic E-state index is 13.7. The van der Waals surface area contributed by atoms with Crippen molar-refractivity contribution in [1.82, 2.24) is 19.1 Å². The minimum atomic E-state index is -2.78. The normalized spacial score (nSPS) is 20.0. The third-order valence-electron chi connectivity index (χ3n) is 12.4. The van der Waals surface area contributed by atoms with Crippen molar-refractivity contribution < 1.29 is 56.7 Å². The van der Waals surface area contributed by atoms with Gasteiger partial charge in [-0.05, 0) is 73.0 Å². The van der Waals surface area contributed by atoms with E-state index in [-0.39, 0.29) is 49.5 Å². The quantitative estimate of drug-likeness (QED) is 0.0434. The standard InChI is InChI=1S/C52H54N5O15P/c1-32-29-57(51(63)55-48(32)60)46-27-40(71-47(59)24-15-33(2)58)43(70-46)31-68-73(64)72-41-28-45(56-26-25-44(54-50(56)62)53-49(61)34-11-7-5-8-12-34)69-42(41)30-67-52(35-13-9-6-10-14-35,36-16-20-38(65-3)21-17-36)37-18-22-39(66-4)23-19-37/h5-14,16-23,25-26,29,40-43,45-46,64H,15,24,27-28,30-31H2,1-4H3,(H,55,60,63)(H,53,54,61,62)/t40-,41-,42+,43+,45+,46+,73?/m0/s1. The number of H-pyrrole nitrogens is 1. The molecule has 3 N–H and O–H groups in total. The predicted molar refractivity (Wildman–Crippen MR) is 264 cm³/mol. The van der Waals surface area contributed by atoms with Gasteiger partial charge in [-0.2, -0.15) is 4.98 Å². The fourth-order valence-electron chi connectivity index (χ4n) is 8.63. The van der Waals surface area contributed by atoms with Crippen molar-refractivity contribution in [1.29, 1.82) is 0 Å². The number of aromatic amines is 1. The molecule has 0 bridgehead atoms. The first-order valence-electron chi connectivity index (χ1n) is 23.3. The van der Waals surface area contributed by atoms with Gasteiger partial charge in [0.05, 0.1) is 40.0 Å². The number of hydrogen-bond donors (Lipinski definition) is 3. The lowest BCUT2D eigenvalue weighted by Crippen LogP contribution is -2.38. The third-order valence-corrected chi connectivity index (χ3v) is 13.2. The fourth-order valence-corrected chi connectivity index (χ4v) is 9.42. The number of ether oxygens (including phenoxy) is 6. The fraction of sp³-hybridized carbons (Fsp3) is 0.327. The van der Waals surface area contributed by atoms with Crippen molar-refractivity contribution in [2.24, 2.45) is 0 Å². The zero-order chi connectivity index (χ0) is 51.6. The molecule has 0 radical (unpaired) electrons. The molecular formula is C52H54N5O15P. The zero-order valence-corrected chi connectivity index (χ0v) is 41.2. The summed E-state index contributed by atoms with van der Waals surface area (Å²) in [5.74, 6) is -0.112. The molecule has 21 heteroatoms. The molecule has 2 fully saturated rings. The Hall–Kier alpha value is -7.16. The van der Waals surface area contributed by atoms with Crippen LogP contribution in [-0.2, 0) is 43.2 Å². The highest BCUT2D eigenvalue weighted by molar-refractivity contribution is 7.40. The van der Waals surface area contributed by atoms with Gasteiger partial charge in [-0.15, -0.1) is 0 Å². The summed E-state index contributed by atoms with van der Waals surface area (Å²) in [6, 6.07) is 34.3. The van der Waals surface area contributed by atoms with Crippen LogP contribution >= 0.6 is 8.60 Å². The Morgan fingerprint density at radius 1 is 0.767 bits per heavy atom. The van der Waals surface area contributed by atoms with Gasteiger partial charge < -0.3 is 52.5 Å². The van der Waals surface area contributed by atoms with Crippen LogP contribution in [0.25, 0.3) is 0 Å². The highest BCUT2D eigenvalue weighted by Gasteiger charge is 2.45. The maximum Gasteiger partial charge on any atom is 0.351 e. The van der Waals surface area contributed by atoms with E-state index >= 15 is 0 Å². The molecule has 4 aromatic carbocycles. The van der Waals surface area contributed by atoms with Gasteiger partial charge in [0.25, 0.3) is 11.5 Å². The van der Waals surface area contributed by atoms with Crippen LogP contribution in [-0.4, -0.2) is 93.5 Å². The Morgan fingerprint density at radius 2 is 1.34 bits per heavy atom. The summed E-state index contributed by atoms with van der Waals surface area (Å²) >= 11 is 0. The molecular weight excluding hydrogens is 966 g/mol. The molecule has 73 heavy (non-hydrogen) atoms. The van der Waals surface area contributed by atoms with Crippen LogP contribution in [0.5, 0.6) is 11.5 Å². The lowest BCUT2D eigenvalue weighted by atomic mass is 9.80. The Bertz CT molecular complexity index is 3000. The number of aromatic nitrogens is 4. The van der Waals surface area contributed by atoms with E-state index in [1.807, 2.05) is 78.9 Å². The number of methoxy groups -OCH3 is 2. The van der Waals surface area contributed by atoms with Gasteiger partial charge in [-0.1, -0.05) is 72.8 Å². The van der Waals surface area contributed by atoms with Gasteiger partial charge in [0.2, 0.25) is 0 Å². The molecule has 2 aliphatic rings. The lowest BCUT2D eigenvalue weighted by Gasteiger charge is -2.37. The van der Waals surface area contributed by atoms with Gasteiger partial charge in [-0.25, -0.2) is 9.59 Å². The highest BCUT2D eigenvalue weighted by atomic mass is 31.2. The van der Waals surface area contributed by atoms with Crippen LogP contribution in [0.15, 0.2) is 142 Å². The Kier molecular flexibility index (Phi) is 16.9. The van der Waals surface area contributed by atoms with Gasteiger partial charge in [-0.3, -0.25) is 28.5 Å². The number of ketones is 1. The largest absolute Gasteiger partial charge is 0.497 e. The number of nitrogens with one attached hydrogen (secondary N) is 2. The van der Waals surface area contributed by atoms with Crippen molar-refractivity contribution >= 4 is 32.1 Å². The smallest absolute Gasteiger partial charge is 0.351 e. The van der Waals surface area contributed by atoms with Crippen molar-refractivity contribution in [2.75, 3.05) is 32.8 Å². The van der Waals surface area contributed by atoms with Crippen LogP contribution < -0.4 is 31.7 Å². The first-order valence-corrected chi connectivity index (χ1v) is 24.4. The second-order valence-corrected chi connectivity index (χ2v) is 18.2. The summed E-state index contributed by atoms with van der Waals surface area (Å²) in [6.45, 7) is 2.28. The van der Waals surface area contributed by atoms with Gasteiger partial charge >= 0.3 is 26.0 Å². The number of aryl methyl sites for hydroxylation is 1. The summed E-state index contributed by atoms with van der Waals surface area (Å²) in [7, 11) is 0.363. The molecule has 1 amide bonds. The Labute approximate surface area is 419 Å². The van der Waals surface area contributed by atoms with E-state index in [4.69, 9.17) is 37.5 Å². The van der Waals surface area contributed by atoms with Gasteiger partial charge in [0, 0.05) is 42.8 Å². The van der Waals surface area contributed by atoms with Gasteiger partial charge in [0.15, 0.2) is 0 Å². The van der Waals surface area contributed by atoms with E-state index in [1.165, 1.54) is 41.4 Å². The summed E-state index contributed by atoms with van der Waals surface area (Å²) in [5.41, 5.74) is -0.569. The number of benzene rings is 4. The molecule has 0 aliphatic carbocycles. The van der Waals surface area contributed by atoms with Crippen LogP contribution in [0.4, 0.5) is 5.82 Å². The first kappa shape index (κ1) is 52.2. The van der Waals surface area contributed by atoms with Crippen LogP contribution in [0, 0.1) is 6.92 Å². The van der Waals surface area contributed by atoms with Crippen LogP contribution in [0.3, 0.4) is 0 Å². The zero-order valence-electron chi connectivity index (χ0n) is 40.3.